The summed E-state index contributed by atoms with van der Waals surface area (Å²) < 4.78 is 0. The van der Waals surface area contributed by atoms with Crippen LogP contribution < -0.4 is 5.32 Å². The lowest BCUT2D eigenvalue weighted by Crippen LogP contribution is -2.32. The van der Waals surface area contributed by atoms with Gasteiger partial charge >= 0.3 is 0 Å². The van der Waals surface area contributed by atoms with Crippen molar-refractivity contribution in [2.45, 2.75) is 20.4 Å². The quantitative estimate of drug-likeness (QED) is 0.559. The molecule has 1 aliphatic rings. The highest BCUT2D eigenvalue weighted by atomic mass is 35.5. The van der Waals surface area contributed by atoms with Gasteiger partial charge in [-0.1, -0.05) is 53.6 Å². The molecule has 0 fully saturated rings. The van der Waals surface area contributed by atoms with Crippen LogP contribution >= 0.6 is 22.9 Å². The first kappa shape index (κ1) is 19.4. The molecule has 3 aromatic rings. The summed E-state index contributed by atoms with van der Waals surface area (Å²) in [5.41, 5.74) is 4.38. The average molecular weight is 423 g/mol. The van der Waals surface area contributed by atoms with Gasteiger partial charge in [0.05, 0.1) is 12.1 Å². The van der Waals surface area contributed by atoms with Crippen molar-refractivity contribution in [2.24, 2.45) is 0 Å². The zero-order chi connectivity index (χ0) is 20.5. The van der Waals surface area contributed by atoms with Gasteiger partial charge in [0, 0.05) is 15.6 Å². The molecule has 146 valence electrons. The zero-order valence-electron chi connectivity index (χ0n) is 16.0. The number of nitrogens with one attached hydrogen (secondary N) is 1. The SMILES string of the molecule is Cc1ccc(NC2=C(c3cccs3)C(=O)N(Cc3ccccc3Cl)C2=O)c(C)c1. The highest BCUT2D eigenvalue weighted by Crippen LogP contribution is 2.34. The largest absolute Gasteiger partial charge is 0.350 e. The van der Waals surface area contributed by atoms with Gasteiger partial charge in [-0.25, -0.2) is 0 Å². The van der Waals surface area contributed by atoms with Crippen LogP contribution in [0.3, 0.4) is 0 Å². The van der Waals surface area contributed by atoms with Crippen molar-refractivity contribution >= 4 is 46.0 Å². The number of amides is 2. The number of nitrogens with zero attached hydrogens (tertiary/aromatic N) is 1. The van der Waals surface area contributed by atoms with Crippen LogP contribution in [0.1, 0.15) is 21.6 Å². The molecule has 0 saturated carbocycles. The lowest BCUT2D eigenvalue weighted by atomic mass is 10.1. The molecule has 2 heterocycles. The number of thiophene rings is 1. The normalized spacial score (nSPS) is 14.1. The Morgan fingerprint density at radius 1 is 1.00 bits per heavy atom. The molecule has 0 aliphatic carbocycles. The van der Waals surface area contributed by atoms with Gasteiger partial charge in [-0.3, -0.25) is 14.5 Å². The van der Waals surface area contributed by atoms with E-state index in [2.05, 4.69) is 5.32 Å². The molecule has 0 unspecified atom stereocenters. The van der Waals surface area contributed by atoms with Gasteiger partial charge in [0.2, 0.25) is 0 Å². The average Bonchev–Trinajstić information content (AvgIpc) is 3.28. The number of carbonyl (C=O) groups is 2. The van der Waals surface area contributed by atoms with Crippen LogP contribution in [0.25, 0.3) is 5.57 Å². The van der Waals surface area contributed by atoms with E-state index in [1.807, 2.05) is 67.8 Å². The van der Waals surface area contributed by atoms with E-state index in [9.17, 15) is 9.59 Å². The molecule has 29 heavy (non-hydrogen) atoms. The standard InChI is InChI=1S/C23H19ClN2O2S/c1-14-9-10-18(15(2)12-14)25-21-20(19-8-5-11-29-19)22(27)26(23(21)28)13-16-6-3-4-7-17(16)24/h3-12,25H,13H2,1-2H3. The van der Waals surface area contributed by atoms with E-state index in [4.69, 9.17) is 11.6 Å². The first-order valence-corrected chi connectivity index (χ1v) is 10.4. The van der Waals surface area contributed by atoms with Crippen LogP contribution in [-0.4, -0.2) is 16.7 Å². The van der Waals surface area contributed by atoms with Crippen LogP contribution in [0.2, 0.25) is 5.02 Å². The van der Waals surface area contributed by atoms with Gasteiger partial charge in [-0.05, 0) is 48.6 Å². The van der Waals surface area contributed by atoms with E-state index < -0.39 is 0 Å². The molecule has 2 aromatic carbocycles. The Morgan fingerprint density at radius 2 is 1.79 bits per heavy atom. The van der Waals surface area contributed by atoms with Crippen LogP contribution in [-0.2, 0) is 16.1 Å². The second-order valence-electron chi connectivity index (χ2n) is 6.96. The van der Waals surface area contributed by atoms with Crippen molar-refractivity contribution in [3.05, 3.63) is 92.3 Å². The fraction of sp³-hybridized carbons (Fsp3) is 0.130. The predicted octanol–water partition coefficient (Wildman–Crippen LogP) is 5.41. The van der Waals surface area contributed by atoms with Gasteiger partial charge < -0.3 is 5.32 Å². The van der Waals surface area contributed by atoms with Gasteiger partial charge in [0.25, 0.3) is 11.8 Å². The fourth-order valence-electron chi connectivity index (χ4n) is 3.37. The smallest absolute Gasteiger partial charge is 0.278 e. The van der Waals surface area contributed by atoms with Crippen molar-refractivity contribution in [1.82, 2.24) is 4.90 Å². The van der Waals surface area contributed by atoms with Crippen molar-refractivity contribution in [3.8, 4) is 0 Å². The molecule has 0 saturated heterocycles. The van der Waals surface area contributed by atoms with E-state index in [1.54, 1.807) is 6.07 Å². The third kappa shape index (κ3) is 3.71. The van der Waals surface area contributed by atoms with E-state index in [0.717, 1.165) is 27.3 Å². The maximum atomic E-state index is 13.3. The molecule has 4 nitrogen and oxygen atoms in total. The highest BCUT2D eigenvalue weighted by Gasteiger charge is 2.40. The molecule has 1 aliphatic heterocycles. The molecule has 1 aromatic heterocycles. The van der Waals surface area contributed by atoms with Crippen LogP contribution in [0.15, 0.2) is 65.7 Å². The van der Waals surface area contributed by atoms with Gasteiger partial charge in [-0.15, -0.1) is 11.3 Å². The van der Waals surface area contributed by atoms with Crippen LogP contribution in [0.5, 0.6) is 0 Å². The molecule has 2 amide bonds. The van der Waals surface area contributed by atoms with Crippen molar-refractivity contribution < 1.29 is 9.59 Å². The summed E-state index contributed by atoms with van der Waals surface area (Å²) in [7, 11) is 0. The summed E-state index contributed by atoms with van der Waals surface area (Å²) in [6.45, 7) is 4.12. The molecule has 1 N–H and O–H groups in total. The molecule has 0 spiro atoms. The number of rotatable bonds is 5. The first-order chi connectivity index (χ1) is 14.0. The minimum atomic E-state index is -0.349. The number of carbonyl (C=O) groups excluding carboxylic acids is 2. The number of halogens is 1. The van der Waals surface area contributed by atoms with Crippen LogP contribution in [0.4, 0.5) is 5.69 Å². The Labute approximate surface area is 178 Å². The molecule has 0 atom stereocenters. The second-order valence-corrected chi connectivity index (χ2v) is 8.31. The van der Waals surface area contributed by atoms with Crippen molar-refractivity contribution in [2.75, 3.05) is 5.32 Å². The Bertz CT molecular complexity index is 1140. The second kappa shape index (κ2) is 7.85. The number of anilines is 1. The minimum Gasteiger partial charge on any atom is -0.350 e. The Morgan fingerprint density at radius 3 is 2.48 bits per heavy atom. The van der Waals surface area contributed by atoms with E-state index in [0.29, 0.717) is 16.3 Å². The minimum absolute atomic E-state index is 0.129. The van der Waals surface area contributed by atoms with Gasteiger partial charge in [0.15, 0.2) is 0 Å². The van der Waals surface area contributed by atoms with Crippen molar-refractivity contribution in [1.29, 1.82) is 0 Å². The Kier molecular flexibility index (Phi) is 5.26. The maximum Gasteiger partial charge on any atom is 0.278 e. The Balaban J connectivity index is 1.74. The fourth-order valence-corrected chi connectivity index (χ4v) is 4.33. The summed E-state index contributed by atoms with van der Waals surface area (Å²) in [4.78, 5) is 28.5. The zero-order valence-corrected chi connectivity index (χ0v) is 17.6. The summed E-state index contributed by atoms with van der Waals surface area (Å²) in [5.74, 6) is -0.664. The van der Waals surface area contributed by atoms with E-state index in [1.165, 1.54) is 16.2 Å². The van der Waals surface area contributed by atoms with E-state index >= 15 is 0 Å². The molecular weight excluding hydrogens is 404 g/mol. The maximum absolute atomic E-state index is 13.3. The number of hydrogen-bond donors (Lipinski definition) is 1. The van der Waals surface area contributed by atoms with Gasteiger partial charge in [-0.2, -0.15) is 0 Å². The molecular formula is C23H19ClN2O2S. The lowest BCUT2D eigenvalue weighted by Gasteiger charge is -2.16. The first-order valence-electron chi connectivity index (χ1n) is 9.17. The van der Waals surface area contributed by atoms with Crippen LogP contribution in [0, 0.1) is 13.8 Å². The third-order valence-electron chi connectivity index (χ3n) is 4.86. The topological polar surface area (TPSA) is 49.4 Å². The summed E-state index contributed by atoms with van der Waals surface area (Å²) in [6, 6.07) is 16.9. The number of aryl methyl sites for hydroxylation is 2. The molecule has 0 bridgehead atoms. The summed E-state index contributed by atoms with van der Waals surface area (Å²) in [6.07, 6.45) is 0. The molecule has 6 heteroatoms. The highest BCUT2D eigenvalue weighted by molar-refractivity contribution is 7.11. The summed E-state index contributed by atoms with van der Waals surface area (Å²) >= 11 is 7.69. The van der Waals surface area contributed by atoms with Crippen molar-refractivity contribution in [3.63, 3.8) is 0 Å². The third-order valence-corrected chi connectivity index (χ3v) is 6.12. The molecule has 0 radical (unpaired) electrons. The van der Waals surface area contributed by atoms with E-state index in [-0.39, 0.29) is 18.4 Å². The predicted molar refractivity (Wildman–Crippen MR) is 118 cm³/mol. The number of imide groups is 1. The lowest BCUT2D eigenvalue weighted by molar-refractivity contribution is -0.137. The number of benzene rings is 2. The molecule has 4 rings (SSSR count). The Hall–Kier alpha value is -2.89. The van der Waals surface area contributed by atoms with Gasteiger partial charge in [0.1, 0.15) is 5.70 Å². The summed E-state index contributed by atoms with van der Waals surface area (Å²) in [5, 5.41) is 5.65. The number of hydrogen-bond acceptors (Lipinski definition) is 4. The monoisotopic (exact) mass is 422 g/mol.